The fourth-order valence-corrected chi connectivity index (χ4v) is 7.18. The van der Waals surface area contributed by atoms with Crippen molar-refractivity contribution >= 4 is 33.3 Å². The van der Waals surface area contributed by atoms with E-state index >= 15 is 0 Å². The summed E-state index contributed by atoms with van der Waals surface area (Å²) >= 11 is 3.03. The number of aromatic nitrogens is 4. The number of thiophene rings is 1. The second-order valence-corrected chi connectivity index (χ2v) is 11.2. The maximum atomic E-state index is 13.7. The van der Waals surface area contributed by atoms with Crippen molar-refractivity contribution in [3.05, 3.63) is 53.4 Å². The minimum atomic E-state index is -0.363. The molecule has 2 atom stereocenters. The van der Waals surface area contributed by atoms with E-state index in [1.807, 2.05) is 0 Å². The van der Waals surface area contributed by atoms with Crippen LogP contribution in [-0.4, -0.2) is 31.4 Å². The van der Waals surface area contributed by atoms with Gasteiger partial charge in [-0.25, -0.2) is 9.78 Å². The Bertz CT molecular complexity index is 1390. The number of thioether (sulfide) groups is 1. The van der Waals surface area contributed by atoms with Gasteiger partial charge in [-0.05, 0) is 43.6 Å². The van der Waals surface area contributed by atoms with E-state index in [-0.39, 0.29) is 22.9 Å². The van der Waals surface area contributed by atoms with E-state index in [2.05, 4.69) is 6.92 Å². The van der Waals surface area contributed by atoms with Crippen LogP contribution in [0.2, 0.25) is 0 Å². The Morgan fingerprint density at radius 3 is 2.79 bits per heavy atom. The van der Waals surface area contributed by atoms with E-state index < -0.39 is 0 Å². The summed E-state index contributed by atoms with van der Waals surface area (Å²) in [6.45, 7) is 3.45. The predicted octanol–water partition coefficient (Wildman–Crippen LogP) is 2.45. The maximum Gasteiger partial charge on any atom is 0.330 e. The van der Waals surface area contributed by atoms with Gasteiger partial charge in [0, 0.05) is 43.1 Å². The highest BCUT2D eigenvalue weighted by atomic mass is 32.2. The maximum absolute atomic E-state index is 13.7. The van der Waals surface area contributed by atoms with Crippen LogP contribution < -0.4 is 16.8 Å². The van der Waals surface area contributed by atoms with Crippen LogP contribution in [0.4, 0.5) is 0 Å². The van der Waals surface area contributed by atoms with Gasteiger partial charge < -0.3 is 4.74 Å². The molecule has 1 saturated heterocycles. The van der Waals surface area contributed by atoms with Crippen LogP contribution in [0, 0.1) is 5.92 Å². The SMILES string of the molecule is CC1CCc2c(sc3nc(SCc4cc(=O)n(C)c(=O)n4C)n(CC4CCCO4)c(=O)c23)C1. The Morgan fingerprint density at radius 1 is 1.21 bits per heavy atom. The molecule has 4 heterocycles. The van der Waals surface area contributed by atoms with E-state index in [1.54, 1.807) is 23.0 Å². The lowest BCUT2D eigenvalue weighted by atomic mass is 9.89. The first-order chi connectivity index (χ1) is 15.8. The fraction of sp³-hybridized carbons (Fsp3) is 0.565. The van der Waals surface area contributed by atoms with Gasteiger partial charge in [0.1, 0.15) is 4.83 Å². The highest BCUT2D eigenvalue weighted by Crippen LogP contribution is 2.37. The molecule has 176 valence electrons. The molecule has 8 nitrogen and oxygen atoms in total. The molecule has 0 radical (unpaired) electrons. The van der Waals surface area contributed by atoms with Crippen LogP contribution >= 0.6 is 23.1 Å². The molecule has 0 amide bonds. The molecular formula is C23H28N4O4S2. The molecule has 3 aromatic rings. The first kappa shape index (κ1) is 22.6. The molecule has 0 bridgehead atoms. The van der Waals surface area contributed by atoms with E-state index in [1.165, 1.54) is 39.9 Å². The van der Waals surface area contributed by atoms with Crippen LogP contribution in [-0.2, 0) is 44.0 Å². The fourth-order valence-electron chi connectivity index (χ4n) is 4.72. The molecule has 2 unspecified atom stereocenters. The summed E-state index contributed by atoms with van der Waals surface area (Å²) in [4.78, 5) is 45.2. The molecule has 1 aliphatic carbocycles. The molecule has 0 saturated carbocycles. The molecule has 1 fully saturated rings. The Labute approximate surface area is 199 Å². The van der Waals surface area contributed by atoms with Gasteiger partial charge in [-0.2, -0.15) is 0 Å². The summed E-state index contributed by atoms with van der Waals surface area (Å²) in [5, 5.41) is 1.38. The standard InChI is InChI=1S/C23H28N4O4S2/c1-13-6-7-16-17(9-13)33-20-19(16)21(29)27(11-15-5-4-8-31-15)22(24-20)32-12-14-10-18(28)26(3)23(30)25(14)2/h10,13,15H,4-9,11-12H2,1-3H3. The number of ether oxygens (including phenoxy) is 1. The van der Waals surface area contributed by atoms with Crippen molar-refractivity contribution in [1.29, 1.82) is 0 Å². The van der Waals surface area contributed by atoms with E-state index in [0.29, 0.717) is 29.1 Å². The number of nitrogens with zero attached hydrogens (tertiary/aromatic N) is 4. The number of aryl methyl sites for hydroxylation is 1. The first-order valence-corrected chi connectivity index (χ1v) is 13.2. The van der Waals surface area contributed by atoms with Crippen molar-refractivity contribution in [1.82, 2.24) is 18.7 Å². The van der Waals surface area contributed by atoms with Crippen LogP contribution in [0.5, 0.6) is 0 Å². The third-order valence-corrected chi connectivity index (χ3v) is 8.92. The first-order valence-electron chi connectivity index (χ1n) is 11.4. The topological polar surface area (TPSA) is 88.1 Å². The van der Waals surface area contributed by atoms with Crippen LogP contribution in [0.25, 0.3) is 10.2 Å². The average Bonchev–Trinajstić information content (AvgIpc) is 3.43. The quantitative estimate of drug-likeness (QED) is 0.405. The monoisotopic (exact) mass is 488 g/mol. The zero-order valence-electron chi connectivity index (χ0n) is 19.1. The second-order valence-electron chi connectivity index (χ2n) is 9.14. The number of hydrogen-bond acceptors (Lipinski definition) is 7. The molecule has 3 aromatic heterocycles. The number of rotatable bonds is 5. The zero-order chi connectivity index (χ0) is 23.3. The van der Waals surface area contributed by atoms with Crippen molar-refractivity contribution in [2.24, 2.45) is 20.0 Å². The van der Waals surface area contributed by atoms with Gasteiger partial charge in [-0.15, -0.1) is 11.3 Å². The summed E-state index contributed by atoms with van der Waals surface area (Å²) < 4.78 is 10.1. The van der Waals surface area contributed by atoms with E-state index in [0.717, 1.165) is 53.5 Å². The highest BCUT2D eigenvalue weighted by molar-refractivity contribution is 7.98. The zero-order valence-corrected chi connectivity index (χ0v) is 20.8. The van der Waals surface area contributed by atoms with Crippen molar-refractivity contribution in [3.8, 4) is 0 Å². The van der Waals surface area contributed by atoms with Gasteiger partial charge in [-0.3, -0.25) is 23.3 Å². The Morgan fingerprint density at radius 2 is 2.03 bits per heavy atom. The third-order valence-electron chi connectivity index (χ3n) is 6.76. The lowest BCUT2D eigenvalue weighted by Gasteiger charge is -2.18. The molecular weight excluding hydrogens is 460 g/mol. The van der Waals surface area contributed by atoms with Gasteiger partial charge in [0.2, 0.25) is 0 Å². The molecule has 33 heavy (non-hydrogen) atoms. The minimum Gasteiger partial charge on any atom is -0.376 e. The summed E-state index contributed by atoms with van der Waals surface area (Å²) in [5.74, 6) is 0.989. The van der Waals surface area contributed by atoms with Crippen LogP contribution in [0.1, 0.15) is 42.3 Å². The largest absolute Gasteiger partial charge is 0.376 e. The van der Waals surface area contributed by atoms with Crippen LogP contribution in [0.15, 0.2) is 25.6 Å². The van der Waals surface area contributed by atoms with Crippen LogP contribution in [0.3, 0.4) is 0 Å². The van der Waals surface area contributed by atoms with Gasteiger partial charge in [0.05, 0.1) is 18.0 Å². The van der Waals surface area contributed by atoms with Gasteiger partial charge >= 0.3 is 5.69 Å². The van der Waals surface area contributed by atoms with Crippen molar-refractivity contribution in [2.45, 2.75) is 62.6 Å². The lowest BCUT2D eigenvalue weighted by molar-refractivity contribution is 0.0937. The van der Waals surface area contributed by atoms with Gasteiger partial charge in [-0.1, -0.05) is 18.7 Å². The van der Waals surface area contributed by atoms with Crippen molar-refractivity contribution in [3.63, 3.8) is 0 Å². The minimum absolute atomic E-state index is 0.00270. The predicted molar refractivity (Wildman–Crippen MR) is 131 cm³/mol. The van der Waals surface area contributed by atoms with E-state index in [9.17, 15) is 14.4 Å². The molecule has 0 spiro atoms. The van der Waals surface area contributed by atoms with Crippen molar-refractivity contribution in [2.75, 3.05) is 6.61 Å². The Hall–Kier alpha value is -2.17. The smallest absolute Gasteiger partial charge is 0.330 e. The van der Waals surface area contributed by atoms with Crippen molar-refractivity contribution < 1.29 is 4.74 Å². The molecule has 1 aliphatic heterocycles. The molecule has 5 rings (SSSR count). The summed E-state index contributed by atoms with van der Waals surface area (Å²) in [6.07, 6.45) is 4.95. The Balaban J connectivity index is 1.57. The normalized spacial score (nSPS) is 20.5. The van der Waals surface area contributed by atoms with E-state index in [4.69, 9.17) is 9.72 Å². The van der Waals surface area contributed by atoms with Gasteiger partial charge in [0.25, 0.3) is 11.1 Å². The summed E-state index contributed by atoms with van der Waals surface area (Å²) in [6, 6.07) is 1.47. The number of hydrogen-bond donors (Lipinski definition) is 0. The third kappa shape index (κ3) is 4.13. The summed E-state index contributed by atoms with van der Waals surface area (Å²) in [5.41, 5.74) is 1.08. The second kappa shape index (κ2) is 8.88. The Kier molecular flexibility index (Phi) is 6.09. The summed E-state index contributed by atoms with van der Waals surface area (Å²) in [7, 11) is 3.12. The molecule has 10 heteroatoms. The van der Waals surface area contributed by atoms with Gasteiger partial charge in [0.15, 0.2) is 5.16 Å². The molecule has 0 N–H and O–H groups in total. The number of fused-ring (bicyclic) bond motifs is 3. The molecule has 2 aliphatic rings. The lowest BCUT2D eigenvalue weighted by Crippen LogP contribution is -2.37. The molecule has 0 aromatic carbocycles. The highest BCUT2D eigenvalue weighted by Gasteiger charge is 2.26. The average molecular weight is 489 g/mol.